The van der Waals surface area contributed by atoms with Gasteiger partial charge < -0.3 is 4.42 Å². The predicted molar refractivity (Wildman–Crippen MR) is 129 cm³/mol. The smallest absolute Gasteiger partial charge is 0.297 e. The summed E-state index contributed by atoms with van der Waals surface area (Å²) in [5, 5.41) is 4.73. The molecule has 2 aromatic carbocycles. The van der Waals surface area contributed by atoms with E-state index in [2.05, 4.69) is 4.99 Å². The van der Waals surface area contributed by atoms with Crippen LogP contribution in [0.4, 0.5) is 5.69 Å². The van der Waals surface area contributed by atoms with Crippen LogP contribution in [-0.2, 0) is 7.05 Å². The first-order valence-corrected chi connectivity index (χ1v) is 10.6. The highest BCUT2D eigenvalue weighted by molar-refractivity contribution is 5.89. The van der Waals surface area contributed by atoms with Crippen molar-refractivity contribution in [3.05, 3.63) is 106 Å². The van der Waals surface area contributed by atoms with Gasteiger partial charge in [0.1, 0.15) is 11.5 Å². The molecule has 7 nitrogen and oxygen atoms in total. The molecule has 164 valence electrons. The van der Waals surface area contributed by atoms with Gasteiger partial charge in [-0.25, -0.2) is 14.4 Å². The van der Waals surface area contributed by atoms with Crippen LogP contribution in [0.2, 0.25) is 0 Å². The summed E-state index contributed by atoms with van der Waals surface area (Å²) in [6.07, 6.45) is 3.57. The fraction of sp³-hybridized carbons (Fsp3) is 0.115. The fourth-order valence-corrected chi connectivity index (χ4v) is 3.78. The summed E-state index contributed by atoms with van der Waals surface area (Å²) < 4.78 is 11.1. The number of aliphatic imine (C=N–C) groups is 1. The number of para-hydroxylation sites is 2. The van der Waals surface area contributed by atoms with E-state index in [0.29, 0.717) is 17.1 Å². The van der Waals surface area contributed by atoms with Gasteiger partial charge in [-0.1, -0.05) is 36.4 Å². The maximum atomic E-state index is 13.2. The summed E-state index contributed by atoms with van der Waals surface area (Å²) in [5.41, 5.74) is 4.10. The molecule has 5 aromatic rings. The number of hydrogen-bond donors (Lipinski definition) is 0. The molecule has 0 atom stereocenters. The van der Waals surface area contributed by atoms with Gasteiger partial charge in [-0.05, 0) is 50.2 Å². The molecule has 0 fully saturated rings. The van der Waals surface area contributed by atoms with Crippen molar-refractivity contribution in [2.24, 2.45) is 12.0 Å². The van der Waals surface area contributed by atoms with E-state index in [4.69, 9.17) is 9.52 Å². The molecular formula is C26H23N5O2. The van der Waals surface area contributed by atoms with Gasteiger partial charge in [-0.15, -0.1) is 0 Å². The van der Waals surface area contributed by atoms with Crippen molar-refractivity contribution < 1.29 is 4.42 Å². The monoisotopic (exact) mass is 437 g/mol. The summed E-state index contributed by atoms with van der Waals surface area (Å²) >= 11 is 0. The third-order valence-corrected chi connectivity index (χ3v) is 5.59. The molecule has 7 heteroatoms. The second-order valence-electron chi connectivity index (χ2n) is 7.79. The quantitative estimate of drug-likeness (QED) is 0.364. The van der Waals surface area contributed by atoms with Gasteiger partial charge in [0.2, 0.25) is 0 Å². The van der Waals surface area contributed by atoms with E-state index in [0.717, 1.165) is 28.4 Å². The Morgan fingerprint density at radius 2 is 1.58 bits per heavy atom. The fourth-order valence-electron chi connectivity index (χ4n) is 3.78. The van der Waals surface area contributed by atoms with Crippen LogP contribution in [0.1, 0.15) is 17.0 Å². The Morgan fingerprint density at radius 1 is 0.909 bits per heavy atom. The molecule has 0 amide bonds. The largest absolute Gasteiger partial charge is 0.460 e. The van der Waals surface area contributed by atoms with E-state index in [-0.39, 0.29) is 5.56 Å². The highest BCUT2D eigenvalue weighted by Gasteiger charge is 2.17. The summed E-state index contributed by atoms with van der Waals surface area (Å²) in [6, 6.07) is 23.2. The van der Waals surface area contributed by atoms with Crippen LogP contribution in [0.3, 0.4) is 0 Å². The standard InChI is InChI=1S/C26H23N5O2/c1-18-14-15-23(33-18)25-20(17-30(28-25)21-10-6-4-7-11-21)16-27-24-19(2)29(3)31(26(24)32)22-12-8-5-9-13-22/h4-17H,1-3H3. The molecule has 5 rings (SSSR count). The lowest BCUT2D eigenvalue weighted by Crippen LogP contribution is -2.19. The number of aryl methyl sites for hydroxylation is 1. The lowest BCUT2D eigenvalue weighted by Gasteiger charge is -2.07. The van der Waals surface area contributed by atoms with Crippen LogP contribution in [0.15, 0.2) is 93.2 Å². The molecule has 0 aliphatic carbocycles. The molecule has 0 saturated heterocycles. The molecular weight excluding hydrogens is 414 g/mol. The Labute approximate surface area is 190 Å². The zero-order valence-corrected chi connectivity index (χ0v) is 18.6. The molecule has 0 spiro atoms. The zero-order chi connectivity index (χ0) is 22.9. The van der Waals surface area contributed by atoms with Crippen molar-refractivity contribution in [1.82, 2.24) is 19.1 Å². The first-order valence-electron chi connectivity index (χ1n) is 10.6. The van der Waals surface area contributed by atoms with Crippen molar-refractivity contribution in [2.45, 2.75) is 13.8 Å². The third kappa shape index (κ3) is 3.74. The minimum atomic E-state index is -0.178. The van der Waals surface area contributed by atoms with E-state index >= 15 is 0 Å². The molecule has 33 heavy (non-hydrogen) atoms. The van der Waals surface area contributed by atoms with Gasteiger partial charge in [0.05, 0.1) is 17.1 Å². The van der Waals surface area contributed by atoms with E-state index in [1.807, 2.05) is 105 Å². The summed E-state index contributed by atoms with van der Waals surface area (Å²) in [5.74, 6) is 1.45. The Bertz CT molecular complexity index is 1500. The van der Waals surface area contributed by atoms with Crippen LogP contribution in [0.5, 0.6) is 0 Å². The molecule has 3 aromatic heterocycles. The number of aromatic nitrogens is 4. The zero-order valence-electron chi connectivity index (χ0n) is 18.6. The second-order valence-corrected chi connectivity index (χ2v) is 7.79. The average molecular weight is 438 g/mol. The van der Waals surface area contributed by atoms with Gasteiger partial charge in [-0.3, -0.25) is 9.48 Å². The average Bonchev–Trinajstić information content (AvgIpc) is 3.51. The van der Waals surface area contributed by atoms with E-state index < -0.39 is 0 Å². The van der Waals surface area contributed by atoms with E-state index in [1.54, 1.807) is 15.6 Å². The Hall–Kier alpha value is -4.39. The molecule has 0 aliphatic heterocycles. The van der Waals surface area contributed by atoms with Crippen LogP contribution in [0.25, 0.3) is 22.8 Å². The molecule has 3 heterocycles. The first kappa shape index (κ1) is 20.5. The molecule has 0 aliphatic rings. The number of nitrogens with zero attached hydrogens (tertiary/aromatic N) is 5. The molecule has 0 bridgehead atoms. The SMILES string of the molecule is Cc1ccc(-c2nn(-c3ccccc3)cc2C=Nc2c(C)n(C)n(-c3ccccc3)c2=O)o1. The van der Waals surface area contributed by atoms with Crippen LogP contribution >= 0.6 is 0 Å². The minimum Gasteiger partial charge on any atom is -0.460 e. The van der Waals surface area contributed by atoms with E-state index in [9.17, 15) is 4.79 Å². The summed E-state index contributed by atoms with van der Waals surface area (Å²) in [6.45, 7) is 3.78. The van der Waals surface area contributed by atoms with Gasteiger partial charge in [0.15, 0.2) is 11.4 Å². The van der Waals surface area contributed by atoms with Crippen LogP contribution < -0.4 is 5.56 Å². The van der Waals surface area contributed by atoms with Gasteiger partial charge in [0, 0.05) is 25.0 Å². The number of benzene rings is 2. The summed E-state index contributed by atoms with van der Waals surface area (Å²) in [7, 11) is 1.85. The molecule has 0 radical (unpaired) electrons. The van der Waals surface area contributed by atoms with Crippen LogP contribution in [-0.4, -0.2) is 25.4 Å². The maximum absolute atomic E-state index is 13.2. The van der Waals surface area contributed by atoms with Crippen molar-refractivity contribution in [2.75, 3.05) is 0 Å². The number of rotatable bonds is 5. The van der Waals surface area contributed by atoms with Gasteiger partial charge in [-0.2, -0.15) is 5.10 Å². The predicted octanol–water partition coefficient (Wildman–Crippen LogP) is 4.99. The topological polar surface area (TPSA) is 70.2 Å². The highest BCUT2D eigenvalue weighted by atomic mass is 16.3. The highest BCUT2D eigenvalue weighted by Crippen LogP contribution is 2.25. The lowest BCUT2D eigenvalue weighted by molar-refractivity contribution is 0.545. The maximum Gasteiger partial charge on any atom is 0.297 e. The Kier molecular flexibility index (Phi) is 5.14. The second kappa shape index (κ2) is 8.27. The number of hydrogen-bond acceptors (Lipinski definition) is 4. The third-order valence-electron chi connectivity index (χ3n) is 5.59. The summed E-state index contributed by atoms with van der Waals surface area (Å²) in [4.78, 5) is 17.8. The lowest BCUT2D eigenvalue weighted by atomic mass is 10.2. The Morgan fingerprint density at radius 3 is 2.21 bits per heavy atom. The van der Waals surface area contributed by atoms with Crippen LogP contribution in [0, 0.1) is 13.8 Å². The minimum absolute atomic E-state index is 0.178. The Balaban J connectivity index is 1.61. The van der Waals surface area contributed by atoms with Gasteiger partial charge in [0.25, 0.3) is 5.56 Å². The van der Waals surface area contributed by atoms with Crippen molar-refractivity contribution in [3.8, 4) is 22.8 Å². The van der Waals surface area contributed by atoms with E-state index in [1.165, 1.54) is 0 Å². The normalized spacial score (nSPS) is 11.5. The molecule has 0 saturated carbocycles. The van der Waals surface area contributed by atoms with Gasteiger partial charge >= 0.3 is 0 Å². The molecule has 0 N–H and O–H groups in total. The first-order chi connectivity index (χ1) is 16.0. The van der Waals surface area contributed by atoms with Crippen molar-refractivity contribution in [1.29, 1.82) is 0 Å². The number of furan rings is 1. The van der Waals surface area contributed by atoms with Crippen molar-refractivity contribution in [3.63, 3.8) is 0 Å². The molecule has 0 unspecified atom stereocenters. The van der Waals surface area contributed by atoms with Crippen molar-refractivity contribution >= 4 is 11.9 Å².